The number of sulfone groups is 1. The summed E-state index contributed by atoms with van der Waals surface area (Å²) in [5.41, 5.74) is 0. The van der Waals surface area contributed by atoms with Crippen molar-refractivity contribution in [1.82, 2.24) is 4.90 Å². The molecular weight excluding hydrogens is 474 g/mol. The molecule has 0 bridgehead atoms. The summed E-state index contributed by atoms with van der Waals surface area (Å²) in [7, 11) is -3.07. The van der Waals surface area contributed by atoms with E-state index < -0.39 is 22.4 Å². The predicted octanol–water partition coefficient (Wildman–Crippen LogP) is 2.47. The van der Waals surface area contributed by atoms with Crippen LogP contribution in [0.25, 0.3) is 0 Å². The first-order valence-electron chi connectivity index (χ1n) is 6.85. The lowest BCUT2D eigenvalue weighted by atomic mass is 10.2. The maximum Gasteiger partial charge on any atom is 0.348 e. The molecule has 0 aliphatic carbocycles. The average Bonchev–Trinajstić information content (AvgIpc) is 3.00. The van der Waals surface area contributed by atoms with Crippen LogP contribution in [0.5, 0.6) is 0 Å². The number of ether oxygens (including phenoxy) is 1. The van der Waals surface area contributed by atoms with E-state index in [1.165, 1.54) is 16.2 Å². The minimum Gasteiger partial charge on any atom is -0.451 e. The number of amides is 1. The van der Waals surface area contributed by atoms with Gasteiger partial charge in [0.1, 0.15) is 4.88 Å². The lowest BCUT2D eigenvalue weighted by molar-refractivity contribution is -0.136. The molecule has 23 heavy (non-hydrogen) atoms. The Morgan fingerprint density at radius 1 is 1.43 bits per heavy atom. The predicted molar refractivity (Wildman–Crippen MR) is 94.4 cm³/mol. The Hall–Kier alpha value is -0.450. The molecular formula is C13H15Br2NO5S2. The largest absolute Gasteiger partial charge is 0.451 e. The molecule has 0 N–H and O–H groups in total. The van der Waals surface area contributed by atoms with Gasteiger partial charge in [-0.15, -0.1) is 11.3 Å². The number of rotatable bonds is 5. The SMILES string of the molecule is CCN(C(=O)COC(=O)c1cc(Br)c(Br)s1)[C@H]1CCS(=O)(=O)C1. The van der Waals surface area contributed by atoms with Crippen molar-refractivity contribution < 1.29 is 22.7 Å². The van der Waals surface area contributed by atoms with Crippen LogP contribution in [0.1, 0.15) is 23.0 Å². The van der Waals surface area contributed by atoms with Crippen LogP contribution in [0.2, 0.25) is 0 Å². The van der Waals surface area contributed by atoms with Crippen LogP contribution in [0.15, 0.2) is 14.3 Å². The van der Waals surface area contributed by atoms with Crippen molar-refractivity contribution in [3.63, 3.8) is 0 Å². The molecule has 0 radical (unpaired) electrons. The van der Waals surface area contributed by atoms with Gasteiger partial charge >= 0.3 is 5.97 Å². The number of halogens is 2. The van der Waals surface area contributed by atoms with Crippen molar-refractivity contribution >= 4 is 64.9 Å². The fourth-order valence-electron chi connectivity index (χ4n) is 2.39. The first-order valence-corrected chi connectivity index (χ1v) is 11.1. The highest BCUT2D eigenvalue weighted by Gasteiger charge is 2.34. The number of hydrogen-bond acceptors (Lipinski definition) is 6. The fourth-order valence-corrected chi connectivity index (χ4v) is 6.05. The van der Waals surface area contributed by atoms with Crippen molar-refractivity contribution in [2.75, 3.05) is 24.7 Å². The third-order valence-electron chi connectivity index (χ3n) is 3.48. The van der Waals surface area contributed by atoms with Gasteiger partial charge in [0.15, 0.2) is 16.4 Å². The van der Waals surface area contributed by atoms with Gasteiger partial charge in [-0.05, 0) is 51.3 Å². The summed E-state index contributed by atoms with van der Waals surface area (Å²) in [6, 6.07) is 1.28. The van der Waals surface area contributed by atoms with Crippen molar-refractivity contribution in [2.24, 2.45) is 0 Å². The summed E-state index contributed by atoms with van der Waals surface area (Å²) in [6.07, 6.45) is 0.431. The van der Waals surface area contributed by atoms with Gasteiger partial charge in [0, 0.05) is 17.1 Å². The minimum atomic E-state index is -3.07. The Kier molecular flexibility index (Phi) is 6.26. The van der Waals surface area contributed by atoms with Crippen LogP contribution in [0, 0.1) is 0 Å². The molecule has 2 rings (SSSR count). The zero-order chi connectivity index (χ0) is 17.2. The lowest BCUT2D eigenvalue weighted by Crippen LogP contribution is -2.43. The van der Waals surface area contributed by atoms with Crippen LogP contribution in [-0.2, 0) is 19.4 Å². The molecule has 1 atom stereocenters. The van der Waals surface area contributed by atoms with Gasteiger partial charge in [0.25, 0.3) is 5.91 Å². The molecule has 128 valence electrons. The first-order chi connectivity index (χ1) is 10.7. The average molecular weight is 489 g/mol. The van der Waals surface area contributed by atoms with Crippen LogP contribution < -0.4 is 0 Å². The summed E-state index contributed by atoms with van der Waals surface area (Å²) in [4.78, 5) is 26.0. The summed E-state index contributed by atoms with van der Waals surface area (Å²) < 4.78 is 29.6. The topological polar surface area (TPSA) is 80.8 Å². The smallest absolute Gasteiger partial charge is 0.348 e. The van der Waals surface area contributed by atoms with E-state index in [1.807, 2.05) is 0 Å². The van der Waals surface area contributed by atoms with Gasteiger partial charge in [-0.2, -0.15) is 0 Å². The quantitative estimate of drug-likeness (QED) is 0.594. The molecule has 1 aromatic heterocycles. The molecule has 1 aromatic rings. The third-order valence-corrected chi connectivity index (χ3v) is 8.47. The van der Waals surface area contributed by atoms with E-state index in [-0.39, 0.29) is 23.5 Å². The van der Waals surface area contributed by atoms with Gasteiger partial charge in [0.2, 0.25) is 0 Å². The molecule has 1 fully saturated rings. The molecule has 1 aliphatic heterocycles. The van der Waals surface area contributed by atoms with E-state index in [0.29, 0.717) is 17.8 Å². The minimum absolute atomic E-state index is 0.0225. The monoisotopic (exact) mass is 487 g/mol. The first kappa shape index (κ1) is 18.9. The summed E-state index contributed by atoms with van der Waals surface area (Å²) in [5.74, 6) is -0.883. The molecule has 0 saturated carbocycles. The molecule has 1 saturated heterocycles. The van der Waals surface area contributed by atoms with Crippen LogP contribution >= 0.6 is 43.2 Å². The second kappa shape index (κ2) is 7.62. The van der Waals surface area contributed by atoms with Crippen LogP contribution in [0.3, 0.4) is 0 Å². The van der Waals surface area contributed by atoms with Crippen molar-refractivity contribution in [1.29, 1.82) is 0 Å². The highest BCUT2D eigenvalue weighted by molar-refractivity contribution is 9.13. The normalized spacial score (nSPS) is 19.5. The van der Waals surface area contributed by atoms with Gasteiger partial charge in [0.05, 0.1) is 15.3 Å². The number of esters is 1. The molecule has 0 unspecified atom stereocenters. The van der Waals surface area contributed by atoms with Crippen molar-refractivity contribution in [3.8, 4) is 0 Å². The number of likely N-dealkylation sites (N-methyl/N-ethyl adjacent to an activating group) is 1. The third kappa shape index (κ3) is 4.77. The highest BCUT2D eigenvalue weighted by atomic mass is 79.9. The number of thiophene rings is 1. The lowest BCUT2D eigenvalue weighted by Gasteiger charge is -2.26. The van der Waals surface area contributed by atoms with Gasteiger partial charge in [-0.3, -0.25) is 4.79 Å². The molecule has 10 heteroatoms. The van der Waals surface area contributed by atoms with E-state index in [4.69, 9.17) is 4.74 Å². The van der Waals surface area contributed by atoms with E-state index in [9.17, 15) is 18.0 Å². The van der Waals surface area contributed by atoms with Crippen molar-refractivity contribution in [2.45, 2.75) is 19.4 Å². The second-order valence-electron chi connectivity index (χ2n) is 5.05. The zero-order valence-corrected chi connectivity index (χ0v) is 17.1. The number of hydrogen-bond donors (Lipinski definition) is 0. The number of carbonyl (C=O) groups excluding carboxylic acids is 2. The van der Waals surface area contributed by atoms with Gasteiger partial charge in [-0.1, -0.05) is 0 Å². The molecule has 0 aromatic carbocycles. The standard InChI is InChI=1S/C13H15Br2NO5S2/c1-2-16(8-3-4-23(19,20)7-8)11(17)6-21-13(18)10-5-9(14)12(15)22-10/h5,8H,2-4,6-7H2,1H3/t8-/m0/s1. The summed E-state index contributed by atoms with van der Waals surface area (Å²) in [6.45, 7) is 1.77. The Morgan fingerprint density at radius 2 is 2.13 bits per heavy atom. The Bertz CT molecular complexity index is 696. The second-order valence-corrected chi connectivity index (χ2v) is 10.5. The fraction of sp³-hybridized carbons (Fsp3) is 0.538. The van der Waals surface area contributed by atoms with E-state index in [1.54, 1.807) is 13.0 Å². The number of nitrogens with zero attached hydrogens (tertiary/aromatic N) is 1. The van der Waals surface area contributed by atoms with E-state index in [2.05, 4.69) is 31.9 Å². The van der Waals surface area contributed by atoms with Gasteiger partial charge in [-0.25, -0.2) is 13.2 Å². The van der Waals surface area contributed by atoms with E-state index >= 15 is 0 Å². The Balaban J connectivity index is 1.93. The molecule has 6 nitrogen and oxygen atoms in total. The Labute approximate surface area is 155 Å². The Morgan fingerprint density at radius 3 is 2.61 bits per heavy atom. The molecule has 0 spiro atoms. The molecule has 1 amide bonds. The summed E-state index contributed by atoms with van der Waals surface area (Å²) in [5, 5.41) is 0. The van der Waals surface area contributed by atoms with Crippen LogP contribution in [0.4, 0.5) is 0 Å². The maximum atomic E-state index is 12.2. The molecule has 2 heterocycles. The van der Waals surface area contributed by atoms with Crippen molar-refractivity contribution in [3.05, 3.63) is 19.2 Å². The zero-order valence-electron chi connectivity index (χ0n) is 12.3. The molecule has 1 aliphatic rings. The van der Waals surface area contributed by atoms with Gasteiger partial charge < -0.3 is 9.64 Å². The van der Waals surface area contributed by atoms with E-state index in [0.717, 1.165) is 8.26 Å². The maximum absolute atomic E-state index is 12.2. The van der Waals surface area contributed by atoms with Crippen LogP contribution in [-0.4, -0.2) is 55.9 Å². The number of carbonyl (C=O) groups is 2. The highest BCUT2D eigenvalue weighted by Crippen LogP contribution is 2.32. The summed E-state index contributed by atoms with van der Waals surface area (Å²) >= 11 is 7.77.